The maximum atomic E-state index is 12.4. The van der Waals surface area contributed by atoms with Crippen LogP contribution in [0.15, 0.2) is 35.1 Å². The van der Waals surface area contributed by atoms with E-state index in [1.54, 1.807) is 6.07 Å². The van der Waals surface area contributed by atoms with E-state index >= 15 is 0 Å². The topological polar surface area (TPSA) is 62.5 Å². The molecule has 23 heavy (non-hydrogen) atoms. The maximum Gasteiger partial charge on any atom is 0.277 e. The summed E-state index contributed by atoms with van der Waals surface area (Å²) < 4.78 is 1.39. The fraction of sp³-hybridized carbons (Fsp3) is 0.312. The molecule has 1 saturated heterocycles. The second kappa shape index (κ2) is 5.75. The highest BCUT2D eigenvalue weighted by Gasteiger charge is 2.16. The third-order valence-electron chi connectivity index (χ3n) is 3.97. The number of benzene rings is 1. The molecule has 4 rings (SSSR count). The molecule has 0 unspecified atom stereocenters. The zero-order valence-electron chi connectivity index (χ0n) is 12.8. The van der Waals surface area contributed by atoms with Crippen LogP contribution in [0.5, 0.6) is 0 Å². The van der Waals surface area contributed by atoms with Crippen LogP contribution in [0.4, 0.5) is 5.82 Å². The molecular weight excluding hydrogens is 310 g/mol. The lowest BCUT2D eigenvalue weighted by molar-refractivity contribution is 0.584. The van der Waals surface area contributed by atoms with Crippen molar-refractivity contribution in [1.29, 1.82) is 0 Å². The summed E-state index contributed by atoms with van der Waals surface area (Å²) in [6.45, 7) is 5.61. The molecule has 0 aliphatic carbocycles. The van der Waals surface area contributed by atoms with E-state index in [1.807, 2.05) is 31.2 Å². The average Bonchev–Trinajstić information content (AvgIpc) is 3.01. The van der Waals surface area contributed by atoms with Crippen molar-refractivity contribution in [2.24, 2.45) is 0 Å². The molecule has 1 fully saturated rings. The van der Waals surface area contributed by atoms with Gasteiger partial charge in [0, 0.05) is 37.8 Å². The van der Waals surface area contributed by atoms with E-state index in [9.17, 15) is 4.79 Å². The van der Waals surface area contributed by atoms with Gasteiger partial charge in [-0.25, -0.2) is 4.98 Å². The molecule has 0 spiro atoms. The largest absolute Gasteiger partial charge is 0.354 e. The van der Waals surface area contributed by atoms with Gasteiger partial charge in [0.05, 0.1) is 0 Å². The normalized spacial score (nSPS) is 15.3. The molecule has 1 N–H and O–H groups in total. The molecule has 1 aliphatic heterocycles. The minimum Gasteiger partial charge on any atom is -0.354 e. The molecule has 0 radical (unpaired) electrons. The number of hydrogen-bond acceptors (Lipinski definition) is 6. The van der Waals surface area contributed by atoms with Crippen LogP contribution in [0.1, 0.15) is 5.56 Å². The van der Waals surface area contributed by atoms with Crippen LogP contribution in [0.2, 0.25) is 0 Å². The molecule has 1 aromatic carbocycles. The Balaban J connectivity index is 1.77. The Morgan fingerprint density at radius 2 is 1.91 bits per heavy atom. The molecule has 3 heterocycles. The first kappa shape index (κ1) is 14.3. The third kappa shape index (κ3) is 2.73. The average molecular weight is 327 g/mol. The van der Waals surface area contributed by atoms with Crippen molar-refractivity contribution in [3.8, 4) is 10.6 Å². The van der Waals surface area contributed by atoms with Crippen LogP contribution < -0.4 is 15.8 Å². The zero-order valence-corrected chi connectivity index (χ0v) is 13.6. The van der Waals surface area contributed by atoms with E-state index in [0.29, 0.717) is 4.96 Å². The second-order valence-electron chi connectivity index (χ2n) is 5.66. The smallest absolute Gasteiger partial charge is 0.277 e. The van der Waals surface area contributed by atoms with Gasteiger partial charge in [0.1, 0.15) is 10.8 Å². The van der Waals surface area contributed by atoms with Gasteiger partial charge in [0.15, 0.2) is 0 Å². The van der Waals surface area contributed by atoms with Crippen LogP contribution in [-0.2, 0) is 0 Å². The van der Waals surface area contributed by atoms with Gasteiger partial charge in [-0.2, -0.15) is 9.61 Å². The van der Waals surface area contributed by atoms with Crippen molar-refractivity contribution in [3.63, 3.8) is 0 Å². The molecule has 2 aromatic heterocycles. The first-order valence-electron chi connectivity index (χ1n) is 7.64. The number of rotatable bonds is 2. The fourth-order valence-corrected chi connectivity index (χ4v) is 3.57. The summed E-state index contributed by atoms with van der Waals surface area (Å²) in [6, 6.07) is 9.72. The molecule has 0 atom stereocenters. The van der Waals surface area contributed by atoms with Gasteiger partial charge in [-0.1, -0.05) is 41.2 Å². The highest BCUT2D eigenvalue weighted by Crippen LogP contribution is 2.25. The lowest BCUT2D eigenvalue weighted by atomic mass is 10.2. The number of nitrogens with one attached hydrogen (secondary N) is 1. The second-order valence-corrected chi connectivity index (χ2v) is 6.61. The van der Waals surface area contributed by atoms with Gasteiger partial charge in [-0.05, 0) is 6.92 Å². The van der Waals surface area contributed by atoms with E-state index in [-0.39, 0.29) is 5.56 Å². The lowest BCUT2D eigenvalue weighted by Gasteiger charge is -2.27. The molecular formula is C16H17N5OS. The quantitative estimate of drug-likeness (QED) is 0.773. The van der Waals surface area contributed by atoms with Crippen LogP contribution in [0.3, 0.4) is 0 Å². The van der Waals surface area contributed by atoms with Gasteiger partial charge in [0.25, 0.3) is 5.56 Å². The summed E-state index contributed by atoms with van der Waals surface area (Å²) in [4.78, 5) is 19.8. The van der Waals surface area contributed by atoms with E-state index in [2.05, 4.69) is 20.3 Å². The Morgan fingerprint density at radius 3 is 2.65 bits per heavy atom. The monoisotopic (exact) mass is 327 g/mol. The predicted octanol–water partition coefficient (Wildman–Crippen LogP) is 1.54. The van der Waals surface area contributed by atoms with Crippen molar-refractivity contribution in [3.05, 3.63) is 46.2 Å². The number of aromatic nitrogens is 3. The van der Waals surface area contributed by atoms with Crippen molar-refractivity contribution in [2.45, 2.75) is 6.92 Å². The molecule has 0 bridgehead atoms. The molecule has 6 nitrogen and oxygen atoms in total. The van der Waals surface area contributed by atoms with Gasteiger partial charge in [-0.15, -0.1) is 0 Å². The van der Waals surface area contributed by atoms with E-state index < -0.39 is 0 Å². The first-order chi connectivity index (χ1) is 11.2. The summed E-state index contributed by atoms with van der Waals surface area (Å²) in [5, 5.41) is 8.54. The third-order valence-corrected chi connectivity index (χ3v) is 4.93. The van der Waals surface area contributed by atoms with Crippen molar-refractivity contribution in [1.82, 2.24) is 19.9 Å². The molecule has 3 aromatic rings. The van der Waals surface area contributed by atoms with Crippen LogP contribution in [-0.4, -0.2) is 40.8 Å². The number of nitrogens with zero attached hydrogens (tertiary/aromatic N) is 4. The Labute approximate surface area is 137 Å². The van der Waals surface area contributed by atoms with Gasteiger partial charge >= 0.3 is 0 Å². The Kier molecular flexibility index (Phi) is 3.59. The first-order valence-corrected chi connectivity index (χ1v) is 8.46. The van der Waals surface area contributed by atoms with Crippen LogP contribution in [0, 0.1) is 6.92 Å². The SMILES string of the molecule is Cc1ccc(-c2nn3c(=O)cc(N4CCNCC4)nc3s2)cc1. The summed E-state index contributed by atoms with van der Waals surface area (Å²) in [7, 11) is 0. The lowest BCUT2D eigenvalue weighted by Crippen LogP contribution is -2.44. The number of piperazine rings is 1. The Morgan fingerprint density at radius 1 is 1.17 bits per heavy atom. The van der Waals surface area contributed by atoms with E-state index in [4.69, 9.17) is 0 Å². The van der Waals surface area contributed by atoms with Gasteiger partial charge < -0.3 is 10.2 Å². The Hall–Kier alpha value is -2.25. The minimum atomic E-state index is -0.127. The number of anilines is 1. The van der Waals surface area contributed by atoms with Crippen molar-refractivity contribution < 1.29 is 0 Å². The Bertz CT molecular complexity index is 893. The number of hydrogen-bond donors (Lipinski definition) is 1. The van der Waals surface area contributed by atoms with Crippen molar-refractivity contribution in [2.75, 3.05) is 31.1 Å². The van der Waals surface area contributed by atoms with Gasteiger partial charge in [0.2, 0.25) is 4.96 Å². The van der Waals surface area contributed by atoms with Gasteiger partial charge in [-0.3, -0.25) is 4.79 Å². The molecule has 0 saturated carbocycles. The fourth-order valence-electron chi connectivity index (χ4n) is 2.67. The van der Waals surface area contributed by atoms with E-state index in [1.165, 1.54) is 21.4 Å². The van der Waals surface area contributed by atoms with Crippen LogP contribution >= 0.6 is 11.3 Å². The summed E-state index contributed by atoms with van der Waals surface area (Å²) in [5.74, 6) is 0.746. The zero-order chi connectivity index (χ0) is 15.8. The standard InChI is InChI=1S/C16H17N5OS/c1-11-2-4-12(5-3-11)15-19-21-14(22)10-13(18-16(21)23-15)20-8-6-17-7-9-20/h2-5,10,17H,6-9H2,1H3. The van der Waals surface area contributed by atoms with Crippen molar-refractivity contribution >= 4 is 22.1 Å². The highest BCUT2D eigenvalue weighted by atomic mass is 32.1. The molecule has 0 amide bonds. The maximum absolute atomic E-state index is 12.4. The minimum absolute atomic E-state index is 0.127. The predicted molar refractivity (Wildman–Crippen MR) is 92.4 cm³/mol. The summed E-state index contributed by atoms with van der Waals surface area (Å²) in [6.07, 6.45) is 0. The summed E-state index contributed by atoms with van der Waals surface area (Å²) in [5.41, 5.74) is 2.08. The summed E-state index contributed by atoms with van der Waals surface area (Å²) >= 11 is 1.45. The molecule has 1 aliphatic rings. The van der Waals surface area contributed by atoms with Crippen LogP contribution in [0.25, 0.3) is 15.5 Å². The molecule has 7 heteroatoms. The highest BCUT2D eigenvalue weighted by molar-refractivity contribution is 7.19. The molecule has 118 valence electrons. The number of aryl methyl sites for hydroxylation is 1. The van der Waals surface area contributed by atoms with E-state index in [0.717, 1.165) is 42.6 Å². The number of fused-ring (bicyclic) bond motifs is 1.